The summed E-state index contributed by atoms with van der Waals surface area (Å²) < 4.78 is 10.6. The minimum absolute atomic E-state index is 0.0476. The lowest BCUT2D eigenvalue weighted by Crippen LogP contribution is -2.28. The highest BCUT2D eigenvalue weighted by atomic mass is 16.7. The number of carbonyl (C=O) groups is 1. The second-order valence-corrected chi connectivity index (χ2v) is 5.28. The summed E-state index contributed by atoms with van der Waals surface area (Å²) in [6.45, 7) is 2.77. The van der Waals surface area contributed by atoms with Gasteiger partial charge >= 0.3 is 0 Å². The van der Waals surface area contributed by atoms with E-state index in [0.717, 1.165) is 29.0 Å². The molecule has 0 saturated heterocycles. The lowest BCUT2D eigenvalue weighted by molar-refractivity contribution is -0.122. The first kappa shape index (κ1) is 14.4. The number of hydrogen-bond acceptors (Lipinski definition) is 3. The molecular weight excluding hydrogens is 278 g/mol. The standard InChI is InChI=1S/C18H19NO3/c1-2-15(14-6-4-3-5-7-14)18(20)19-11-13-8-9-16-17(10-13)22-12-21-16/h3-10,15H,2,11-12H2,1H3,(H,19,20)/t15-/m1/s1. The number of hydrogen-bond donors (Lipinski definition) is 1. The SMILES string of the molecule is CC[C@@H](C(=O)NCc1ccc2c(c1)OCO2)c1ccccc1. The number of fused-ring (bicyclic) bond motifs is 1. The number of ether oxygens (including phenoxy) is 2. The van der Waals surface area contributed by atoms with Crippen LogP contribution in [0.5, 0.6) is 11.5 Å². The number of nitrogens with one attached hydrogen (secondary N) is 1. The van der Waals surface area contributed by atoms with Crippen molar-refractivity contribution in [2.24, 2.45) is 0 Å². The molecule has 1 atom stereocenters. The molecule has 22 heavy (non-hydrogen) atoms. The number of amides is 1. The van der Waals surface area contributed by atoms with Crippen LogP contribution in [0.1, 0.15) is 30.4 Å². The van der Waals surface area contributed by atoms with Crippen molar-refractivity contribution in [3.63, 3.8) is 0 Å². The smallest absolute Gasteiger partial charge is 0.231 e. The van der Waals surface area contributed by atoms with Crippen molar-refractivity contribution in [3.05, 3.63) is 59.7 Å². The van der Waals surface area contributed by atoms with Gasteiger partial charge in [0.05, 0.1) is 5.92 Å². The average Bonchev–Trinajstić information content (AvgIpc) is 3.02. The molecule has 1 heterocycles. The summed E-state index contributed by atoms with van der Waals surface area (Å²) in [6.07, 6.45) is 0.775. The van der Waals surface area contributed by atoms with E-state index >= 15 is 0 Å². The number of benzene rings is 2. The Kier molecular flexibility index (Phi) is 4.28. The van der Waals surface area contributed by atoms with Gasteiger partial charge < -0.3 is 14.8 Å². The minimum Gasteiger partial charge on any atom is -0.454 e. The second kappa shape index (κ2) is 6.52. The lowest BCUT2D eigenvalue weighted by Gasteiger charge is -2.15. The van der Waals surface area contributed by atoms with E-state index in [4.69, 9.17) is 9.47 Å². The first-order valence-corrected chi connectivity index (χ1v) is 7.49. The maximum atomic E-state index is 12.4. The largest absolute Gasteiger partial charge is 0.454 e. The fourth-order valence-electron chi connectivity index (χ4n) is 2.62. The van der Waals surface area contributed by atoms with E-state index in [9.17, 15) is 4.79 Å². The highest BCUT2D eigenvalue weighted by molar-refractivity contribution is 5.83. The van der Waals surface area contributed by atoms with Gasteiger partial charge in [0.25, 0.3) is 0 Å². The summed E-state index contributed by atoms with van der Waals surface area (Å²) in [5.74, 6) is 1.43. The van der Waals surface area contributed by atoms with E-state index in [1.54, 1.807) is 0 Å². The molecule has 0 saturated carbocycles. The minimum atomic E-state index is -0.116. The monoisotopic (exact) mass is 297 g/mol. The molecule has 0 aromatic heterocycles. The molecule has 114 valence electrons. The third-order valence-electron chi connectivity index (χ3n) is 3.83. The Hall–Kier alpha value is -2.49. The van der Waals surface area contributed by atoms with E-state index in [-0.39, 0.29) is 18.6 Å². The van der Waals surface area contributed by atoms with E-state index < -0.39 is 0 Å². The van der Waals surface area contributed by atoms with Crippen LogP contribution in [0.25, 0.3) is 0 Å². The molecule has 4 heteroatoms. The summed E-state index contributed by atoms with van der Waals surface area (Å²) in [5, 5.41) is 3.00. The van der Waals surface area contributed by atoms with Gasteiger partial charge in [-0.3, -0.25) is 4.79 Å². The maximum Gasteiger partial charge on any atom is 0.231 e. The van der Waals surface area contributed by atoms with Crippen LogP contribution >= 0.6 is 0 Å². The summed E-state index contributed by atoms with van der Waals surface area (Å²) in [7, 11) is 0. The highest BCUT2D eigenvalue weighted by Crippen LogP contribution is 2.32. The van der Waals surface area contributed by atoms with Crippen LogP contribution in [0.4, 0.5) is 0 Å². The van der Waals surface area contributed by atoms with Gasteiger partial charge in [0.2, 0.25) is 12.7 Å². The Morgan fingerprint density at radius 2 is 1.91 bits per heavy atom. The molecule has 2 aromatic carbocycles. The molecule has 0 unspecified atom stereocenters. The second-order valence-electron chi connectivity index (χ2n) is 5.28. The Morgan fingerprint density at radius 1 is 1.14 bits per heavy atom. The lowest BCUT2D eigenvalue weighted by atomic mass is 9.95. The summed E-state index contributed by atoms with van der Waals surface area (Å²) in [4.78, 5) is 12.4. The molecule has 4 nitrogen and oxygen atoms in total. The summed E-state index contributed by atoms with van der Waals surface area (Å²) in [5.41, 5.74) is 2.05. The first-order chi connectivity index (χ1) is 10.8. The third-order valence-corrected chi connectivity index (χ3v) is 3.83. The molecule has 1 N–H and O–H groups in total. The molecule has 1 aliphatic heterocycles. The maximum absolute atomic E-state index is 12.4. The van der Waals surface area contributed by atoms with Gasteiger partial charge in [-0.05, 0) is 29.7 Å². The van der Waals surface area contributed by atoms with Crippen LogP contribution in [-0.2, 0) is 11.3 Å². The fourth-order valence-corrected chi connectivity index (χ4v) is 2.62. The van der Waals surface area contributed by atoms with Crippen molar-refractivity contribution < 1.29 is 14.3 Å². The van der Waals surface area contributed by atoms with Gasteiger partial charge in [0.1, 0.15) is 0 Å². The van der Waals surface area contributed by atoms with Crippen LogP contribution < -0.4 is 14.8 Å². The van der Waals surface area contributed by atoms with Crippen LogP contribution in [0.15, 0.2) is 48.5 Å². The quantitative estimate of drug-likeness (QED) is 0.921. The normalized spacial score (nSPS) is 13.7. The van der Waals surface area contributed by atoms with Gasteiger partial charge in [-0.1, -0.05) is 43.3 Å². The van der Waals surface area contributed by atoms with Gasteiger partial charge in [-0.15, -0.1) is 0 Å². The van der Waals surface area contributed by atoms with Crippen molar-refractivity contribution in [2.75, 3.05) is 6.79 Å². The van der Waals surface area contributed by atoms with Crippen molar-refractivity contribution in [1.29, 1.82) is 0 Å². The molecule has 0 aliphatic carbocycles. The van der Waals surface area contributed by atoms with E-state index in [1.807, 2.05) is 55.5 Å². The van der Waals surface area contributed by atoms with Crippen molar-refractivity contribution in [3.8, 4) is 11.5 Å². The number of carbonyl (C=O) groups excluding carboxylic acids is 1. The highest BCUT2D eigenvalue weighted by Gasteiger charge is 2.18. The zero-order valence-corrected chi connectivity index (χ0v) is 12.5. The molecular formula is C18H19NO3. The van der Waals surface area contributed by atoms with Gasteiger partial charge in [0.15, 0.2) is 11.5 Å². The summed E-state index contributed by atoms with van der Waals surface area (Å²) in [6, 6.07) is 15.6. The molecule has 1 amide bonds. The van der Waals surface area contributed by atoms with Crippen molar-refractivity contribution in [1.82, 2.24) is 5.32 Å². The predicted octanol–water partition coefficient (Wildman–Crippen LogP) is 3.23. The molecule has 0 spiro atoms. The van der Waals surface area contributed by atoms with Crippen LogP contribution in [0.2, 0.25) is 0 Å². The van der Waals surface area contributed by atoms with Crippen molar-refractivity contribution in [2.45, 2.75) is 25.8 Å². The van der Waals surface area contributed by atoms with Crippen LogP contribution in [0, 0.1) is 0 Å². The topological polar surface area (TPSA) is 47.6 Å². The molecule has 0 radical (unpaired) electrons. The Balaban J connectivity index is 1.64. The van der Waals surface area contributed by atoms with Crippen LogP contribution in [-0.4, -0.2) is 12.7 Å². The fraction of sp³-hybridized carbons (Fsp3) is 0.278. The van der Waals surface area contributed by atoms with E-state index in [1.165, 1.54) is 0 Å². The number of rotatable bonds is 5. The van der Waals surface area contributed by atoms with Gasteiger partial charge in [-0.25, -0.2) is 0 Å². The van der Waals surface area contributed by atoms with E-state index in [2.05, 4.69) is 5.32 Å². The average molecular weight is 297 g/mol. The Labute approximate surface area is 130 Å². The molecule has 2 aromatic rings. The third kappa shape index (κ3) is 3.06. The van der Waals surface area contributed by atoms with E-state index in [0.29, 0.717) is 6.54 Å². The Morgan fingerprint density at radius 3 is 2.68 bits per heavy atom. The molecule has 0 fully saturated rings. The van der Waals surface area contributed by atoms with Crippen molar-refractivity contribution >= 4 is 5.91 Å². The molecule has 1 aliphatic rings. The van der Waals surface area contributed by atoms with Gasteiger partial charge in [0, 0.05) is 6.54 Å². The van der Waals surface area contributed by atoms with Gasteiger partial charge in [-0.2, -0.15) is 0 Å². The predicted molar refractivity (Wildman–Crippen MR) is 83.9 cm³/mol. The Bertz CT molecular complexity index is 655. The summed E-state index contributed by atoms with van der Waals surface area (Å²) >= 11 is 0. The molecule has 0 bridgehead atoms. The zero-order chi connectivity index (χ0) is 15.4. The zero-order valence-electron chi connectivity index (χ0n) is 12.5. The van der Waals surface area contributed by atoms with Crippen LogP contribution in [0.3, 0.4) is 0 Å². The first-order valence-electron chi connectivity index (χ1n) is 7.49. The molecule has 3 rings (SSSR count).